The molecule has 5 aromatic carbocycles. The number of hydrogen-bond donors (Lipinski definition) is 4. The summed E-state index contributed by atoms with van der Waals surface area (Å²) in [6, 6.07) is 42.4. The Morgan fingerprint density at radius 3 is 0.764 bits per heavy atom. The second-order valence-corrected chi connectivity index (χ2v) is 17.8. The molecule has 2 fully saturated rings. The standard InChI is InChI=1S/C56H52N10O6/c57-29-41-9-1-37(2-10-41)21-25-61-51(67)47-33-65(34-48(47)52(68)62-26-22-38-3-11-42(30-58)12-4-38)55(71)45-17-19-46(20-18-45)56(72)66-35-49(53(69)63-27-23-39-5-13-43(31-59)14-6-39)50(36-66)54(70)64-28-24-40-7-15-44(32-60)16-8-40/h1-20,47-50H,21-28,33-36H2,(H,61,67)(H,62,68)(H,63,69)(H,64,70)/t47-,48-,49-,50-/m1/s1. The molecule has 2 heterocycles. The Labute approximate surface area is 417 Å². The largest absolute Gasteiger partial charge is 0.355 e. The molecule has 0 radical (unpaired) electrons. The van der Waals surface area contributed by atoms with Gasteiger partial charge in [-0.1, -0.05) is 48.5 Å². The second-order valence-electron chi connectivity index (χ2n) is 17.8. The van der Waals surface area contributed by atoms with Crippen molar-refractivity contribution in [1.82, 2.24) is 31.1 Å². The van der Waals surface area contributed by atoms with Crippen molar-refractivity contribution in [1.29, 1.82) is 21.0 Å². The predicted octanol–water partition coefficient (Wildman–Crippen LogP) is 3.99. The summed E-state index contributed by atoms with van der Waals surface area (Å²) >= 11 is 0. The quantitative estimate of drug-likeness (QED) is 0.0983. The number of carbonyl (C=O) groups is 6. The lowest BCUT2D eigenvalue weighted by Crippen LogP contribution is -2.42. The van der Waals surface area contributed by atoms with Crippen molar-refractivity contribution in [2.24, 2.45) is 23.7 Å². The van der Waals surface area contributed by atoms with Gasteiger partial charge in [-0.05, 0) is 121 Å². The van der Waals surface area contributed by atoms with Crippen LogP contribution in [-0.4, -0.2) is 97.6 Å². The zero-order valence-corrected chi connectivity index (χ0v) is 39.5. The van der Waals surface area contributed by atoms with Crippen molar-refractivity contribution in [3.8, 4) is 24.3 Å². The number of nitrogens with one attached hydrogen (secondary N) is 4. The number of likely N-dealkylation sites (tertiary alicyclic amines) is 2. The van der Waals surface area contributed by atoms with Crippen LogP contribution in [0.15, 0.2) is 121 Å². The maximum atomic E-state index is 14.1. The molecule has 362 valence electrons. The first kappa shape index (κ1) is 50.7. The SMILES string of the molecule is N#Cc1ccc(CCNC(=O)[C@@H]2CN(C(=O)c3ccc(C(=O)N4C[C@@H](C(=O)NCCc5ccc(C#N)cc5)[C@H](C(=O)NCCc5ccc(C#N)cc5)C4)cc3)C[C@H]2C(=O)NCCc2ccc(C#N)cc2)cc1. The van der Waals surface area contributed by atoms with Crippen LogP contribution in [-0.2, 0) is 44.9 Å². The molecule has 0 aliphatic carbocycles. The van der Waals surface area contributed by atoms with Crippen LogP contribution >= 0.6 is 0 Å². The third-order valence-electron chi connectivity index (χ3n) is 13.1. The number of benzene rings is 5. The van der Waals surface area contributed by atoms with Gasteiger partial charge in [0.15, 0.2) is 0 Å². The van der Waals surface area contributed by atoms with Gasteiger partial charge in [0.25, 0.3) is 11.8 Å². The maximum Gasteiger partial charge on any atom is 0.253 e. The summed E-state index contributed by atoms with van der Waals surface area (Å²) < 4.78 is 0. The molecule has 72 heavy (non-hydrogen) atoms. The highest BCUT2D eigenvalue weighted by atomic mass is 16.2. The number of amides is 6. The van der Waals surface area contributed by atoms with E-state index in [1.54, 1.807) is 48.5 Å². The fourth-order valence-corrected chi connectivity index (χ4v) is 8.95. The first-order chi connectivity index (χ1) is 35.0. The highest BCUT2D eigenvalue weighted by Gasteiger charge is 2.45. The number of rotatable bonds is 18. The first-order valence-electron chi connectivity index (χ1n) is 23.7. The Morgan fingerprint density at radius 1 is 0.361 bits per heavy atom. The lowest BCUT2D eigenvalue weighted by atomic mass is 9.94. The summed E-state index contributed by atoms with van der Waals surface area (Å²) in [6.45, 7) is 0.956. The molecule has 4 atom stereocenters. The summed E-state index contributed by atoms with van der Waals surface area (Å²) in [5, 5.41) is 48.3. The average Bonchev–Trinajstić information content (AvgIpc) is 4.08. The molecule has 16 heteroatoms. The Balaban J connectivity index is 0.997. The average molecular weight is 961 g/mol. The third kappa shape index (κ3) is 13.1. The molecular formula is C56H52N10O6. The van der Waals surface area contributed by atoms with Crippen molar-refractivity contribution >= 4 is 35.4 Å². The second kappa shape index (κ2) is 24.4. The van der Waals surface area contributed by atoms with Crippen LogP contribution in [0.5, 0.6) is 0 Å². The molecule has 6 amide bonds. The molecule has 0 spiro atoms. The minimum Gasteiger partial charge on any atom is -0.355 e. The highest BCUT2D eigenvalue weighted by molar-refractivity contribution is 6.00. The van der Waals surface area contributed by atoms with Gasteiger partial charge in [0, 0.05) is 63.5 Å². The van der Waals surface area contributed by atoms with Crippen LogP contribution in [0.3, 0.4) is 0 Å². The predicted molar refractivity (Wildman–Crippen MR) is 264 cm³/mol. The van der Waals surface area contributed by atoms with Gasteiger partial charge >= 0.3 is 0 Å². The fraction of sp³-hybridized carbons (Fsp3) is 0.286. The van der Waals surface area contributed by atoms with Crippen LogP contribution < -0.4 is 21.3 Å². The van der Waals surface area contributed by atoms with E-state index in [1.807, 2.05) is 48.5 Å². The summed E-state index contributed by atoms with van der Waals surface area (Å²) in [4.78, 5) is 86.0. The highest BCUT2D eigenvalue weighted by Crippen LogP contribution is 2.28. The Morgan fingerprint density at radius 2 is 0.569 bits per heavy atom. The van der Waals surface area contributed by atoms with Crippen LogP contribution in [0.1, 0.15) is 65.2 Å². The molecule has 0 saturated carbocycles. The van der Waals surface area contributed by atoms with Gasteiger partial charge in [-0.2, -0.15) is 21.0 Å². The van der Waals surface area contributed by atoms with Crippen molar-refractivity contribution in [2.45, 2.75) is 25.7 Å². The monoisotopic (exact) mass is 960 g/mol. The molecule has 7 rings (SSSR count). The molecule has 2 aliphatic rings. The van der Waals surface area contributed by atoms with E-state index < -0.39 is 35.5 Å². The zero-order chi connectivity index (χ0) is 51.0. The Hall–Kier alpha value is -9.12. The van der Waals surface area contributed by atoms with E-state index in [1.165, 1.54) is 34.1 Å². The number of carbonyl (C=O) groups excluding carboxylic acids is 6. The molecular weight excluding hydrogens is 909 g/mol. The van der Waals surface area contributed by atoms with Gasteiger partial charge in [-0.15, -0.1) is 0 Å². The minimum atomic E-state index is -0.858. The van der Waals surface area contributed by atoms with E-state index in [2.05, 4.69) is 45.5 Å². The number of nitrogens with zero attached hydrogens (tertiary/aromatic N) is 6. The molecule has 16 nitrogen and oxygen atoms in total. The normalized spacial score (nSPS) is 16.8. The van der Waals surface area contributed by atoms with Crippen LogP contribution in [0.4, 0.5) is 0 Å². The van der Waals surface area contributed by atoms with E-state index in [0.717, 1.165) is 22.3 Å². The van der Waals surface area contributed by atoms with E-state index in [9.17, 15) is 28.8 Å². The topological polar surface area (TPSA) is 252 Å². The van der Waals surface area contributed by atoms with E-state index in [-0.39, 0.29) is 87.1 Å². The van der Waals surface area contributed by atoms with Gasteiger partial charge < -0.3 is 31.1 Å². The van der Waals surface area contributed by atoms with Gasteiger partial charge in [-0.25, -0.2) is 0 Å². The molecule has 0 aromatic heterocycles. The zero-order valence-electron chi connectivity index (χ0n) is 39.5. The van der Waals surface area contributed by atoms with Crippen molar-refractivity contribution < 1.29 is 28.8 Å². The summed E-state index contributed by atoms with van der Waals surface area (Å²) in [6.07, 6.45) is 1.95. The fourth-order valence-electron chi connectivity index (χ4n) is 8.95. The molecule has 2 saturated heterocycles. The van der Waals surface area contributed by atoms with Gasteiger partial charge in [0.1, 0.15) is 0 Å². The minimum absolute atomic E-state index is 0.0302. The number of hydrogen-bond acceptors (Lipinski definition) is 10. The van der Waals surface area contributed by atoms with Crippen LogP contribution in [0.25, 0.3) is 0 Å². The van der Waals surface area contributed by atoms with Crippen molar-refractivity contribution in [2.75, 3.05) is 52.4 Å². The molecule has 4 N–H and O–H groups in total. The maximum absolute atomic E-state index is 14.1. The van der Waals surface area contributed by atoms with E-state index in [0.29, 0.717) is 47.9 Å². The third-order valence-corrected chi connectivity index (χ3v) is 13.1. The first-order valence-corrected chi connectivity index (χ1v) is 23.7. The molecule has 5 aromatic rings. The lowest BCUT2D eigenvalue weighted by molar-refractivity contribution is -0.132. The van der Waals surface area contributed by atoms with Crippen LogP contribution in [0, 0.1) is 69.0 Å². The lowest BCUT2D eigenvalue weighted by Gasteiger charge is -2.18. The van der Waals surface area contributed by atoms with Crippen molar-refractivity contribution in [3.05, 3.63) is 177 Å². The summed E-state index contributed by atoms with van der Waals surface area (Å²) in [7, 11) is 0. The summed E-state index contributed by atoms with van der Waals surface area (Å²) in [5.41, 5.74) is 6.20. The smallest absolute Gasteiger partial charge is 0.253 e. The van der Waals surface area contributed by atoms with Crippen LogP contribution in [0.2, 0.25) is 0 Å². The summed E-state index contributed by atoms with van der Waals surface area (Å²) in [5.74, 6) is -5.83. The molecule has 0 bridgehead atoms. The van der Waals surface area contributed by atoms with Gasteiger partial charge in [0.05, 0.1) is 70.2 Å². The Bertz CT molecular complexity index is 2580. The Kier molecular flexibility index (Phi) is 17.2. The van der Waals surface area contributed by atoms with E-state index >= 15 is 0 Å². The van der Waals surface area contributed by atoms with Crippen molar-refractivity contribution in [3.63, 3.8) is 0 Å². The molecule has 0 unspecified atom stereocenters. The molecule has 2 aliphatic heterocycles. The number of nitriles is 4. The van der Waals surface area contributed by atoms with Gasteiger partial charge in [-0.3, -0.25) is 28.8 Å². The van der Waals surface area contributed by atoms with Gasteiger partial charge in [0.2, 0.25) is 23.6 Å². The van der Waals surface area contributed by atoms with E-state index in [4.69, 9.17) is 21.0 Å².